The van der Waals surface area contributed by atoms with Crippen molar-refractivity contribution in [2.45, 2.75) is 32.2 Å². The first kappa shape index (κ1) is 17.7. The minimum atomic E-state index is 0.0584. The third kappa shape index (κ3) is 2.99. The molecular weight excluding hydrogens is 336 g/mol. The Labute approximate surface area is 160 Å². The second-order valence-electron chi connectivity index (χ2n) is 7.31. The highest BCUT2D eigenvalue weighted by Gasteiger charge is 2.39. The molecule has 0 aromatic heterocycles. The molecular formula is C23H26N2O2. The maximum absolute atomic E-state index is 12.8. The highest BCUT2D eigenvalue weighted by Crippen LogP contribution is 2.51. The smallest absolute Gasteiger partial charge is 0.253 e. The Morgan fingerprint density at radius 1 is 1.15 bits per heavy atom. The number of anilines is 1. The zero-order valence-corrected chi connectivity index (χ0v) is 15.9. The van der Waals surface area contributed by atoms with Crippen molar-refractivity contribution in [1.29, 1.82) is 0 Å². The molecule has 4 rings (SSSR count). The summed E-state index contributed by atoms with van der Waals surface area (Å²) in [6.45, 7) is 5.44. The molecule has 2 aromatic rings. The molecule has 1 amide bonds. The molecule has 1 aliphatic carbocycles. The van der Waals surface area contributed by atoms with E-state index in [9.17, 15) is 9.90 Å². The summed E-state index contributed by atoms with van der Waals surface area (Å²) in [5, 5.41) is 14.0. The molecule has 0 saturated heterocycles. The second-order valence-corrected chi connectivity index (χ2v) is 7.31. The fourth-order valence-electron chi connectivity index (χ4n) is 4.48. The summed E-state index contributed by atoms with van der Waals surface area (Å²) >= 11 is 0. The Balaban J connectivity index is 1.72. The van der Waals surface area contributed by atoms with Crippen LogP contribution in [0.3, 0.4) is 0 Å². The van der Waals surface area contributed by atoms with Crippen LogP contribution in [0.4, 0.5) is 5.69 Å². The van der Waals surface area contributed by atoms with Crippen molar-refractivity contribution in [2.24, 2.45) is 5.92 Å². The van der Waals surface area contributed by atoms with E-state index in [-0.39, 0.29) is 17.9 Å². The topological polar surface area (TPSA) is 52.6 Å². The van der Waals surface area contributed by atoms with Gasteiger partial charge in [0, 0.05) is 35.8 Å². The SMILES string of the molecule is CCN(CC)C(=O)c1ccc2c(c1)C1C=CCC1C(c1ccccc1O)N2. The van der Waals surface area contributed by atoms with Gasteiger partial charge in [-0.15, -0.1) is 0 Å². The molecule has 2 N–H and O–H groups in total. The maximum Gasteiger partial charge on any atom is 0.253 e. The van der Waals surface area contributed by atoms with Gasteiger partial charge in [-0.3, -0.25) is 4.79 Å². The molecule has 0 bridgehead atoms. The van der Waals surface area contributed by atoms with Gasteiger partial charge in [-0.1, -0.05) is 30.4 Å². The van der Waals surface area contributed by atoms with E-state index in [0.717, 1.165) is 23.2 Å². The van der Waals surface area contributed by atoms with Crippen LogP contribution in [-0.4, -0.2) is 29.0 Å². The zero-order chi connectivity index (χ0) is 19.0. The van der Waals surface area contributed by atoms with Gasteiger partial charge < -0.3 is 15.3 Å². The van der Waals surface area contributed by atoms with Gasteiger partial charge in [-0.05, 0) is 56.0 Å². The van der Waals surface area contributed by atoms with Crippen LogP contribution in [0, 0.1) is 5.92 Å². The lowest BCUT2D eigenvalue weighted by Gasteiger charge is -2.38. The van der Waals surface area contributed by atoms with E-state index in [1.807, 2.05) is 49.1 Å². The quantitative estimate of drug-likeness (QED) is 0.775. The van der Waals surface area contributed by atoms with Crippen molar-refractivity contribution >= 4 is 11.6 Å². The summed E-state index contributed by atoms with van der Waals surface area (Å²) < 4.78 is 0. The van der Waals surface area contributed by atoms with Crippen LogP contribution >= 0.6 is 0 Å². The van der Waals surface area contributed by atoms with Gasteiger partial charge in [0.25, 0.3) is 5.91 Å². The van der Waals surface area contributed by atoms with Gasteiger partial charge in [0.05, 0.1) is 6.04 Å². The Morgan fingerprint density at radius 3 is 2.67 bits per heavy atom. The van der Waals surface area contributed by atoms with Gasteiger partial charge in [-0.2, -0.15) is 0 Å². The zero-order valence-electron chi connectivity index (χ0n) is 15.9. The Kier molecular flexibility index (Phi) is 4.65. The Hall–Kier alpha value is -2.75. The van der Waals surface area contributed by atoms with E-state index < -0.39 is 0 Å². The maximum atomic E-state index is 12.8. The van der Waals surface area contributed by atoms with E-state index in [2.05, 4.69) is 23.5 Å². The number of phenolic OH excluding ortho intramolecular Hbond substituents is 1. The van der Waals surface area contributed by atoms with Gasteiger partial charge in [-0.25, -0.2) is 0 Å². The summed E-state index contributed by atoms with van der Waals surface area (Å²) in [5.41, 5.74) is 3.91. The minimum Gasteiger partial charge on any atom is -0.508 e. The van der Waals surface area contributed by atoms with Gasteiger partial charge in [0.1, 0.15) is 5.75 Å². The highest BCUT2D eigenvalue weighted by atomic mass is 16.3. The van der Waals surface area contributed by atoms with E-state index in [4.69, 9.17) is 0 Å². The lowest BCUT2D eigenvalue weighted by Crippen LogP contribution is -2.32. The standard InChI is InChI=1S/C23H26N2O2/c1-3-25(4-2)23(27)15-12-13-20-19(14-15)16-9-7-10-17(16)22(24-20)18-8-5-6-11-21(18)26/h5-9,11-14,16-17,22,24,26H,3-4,10H2,1-2H3. The molecule has 1 heterocycles. The first-order valence-corrected chi connectivity index (χ1v) is 9.78. The lowest BCUT2D eigenvalue weighted by atomic mass is 9.76. The number of hydrogen-bond acceptors (Lipinski definition) is 3. The number of carbonyl (C=O) groups excluding carboxylic acids is 1. The van der Waals surface area contributed by atoms with Gasteiger partial charge in [0.15, 0.2) is 0 Å². The molecule has 0 spiro atoms. The molecule has 3 unspecified atom stereocenters. The number of hydrogen-bond donors (Lipinski definition) is 2. The van der Waals surface area contributed by atoms with E-state index in [1.54, 1.807) is 6.07 Å². The number of phenols is 1. The number of fused-ring (bicyclic) bond motifs is 3. The molecule has 0 radical (unpaired) electrons. The van der Waals surface area contributed by atoms with Crippen LogP contribution in [0.1, 0.15) is 53.7 Å². The van der Waals surface area contributed by atoms with Crippen LogP contribution in [0.25, 0.3) is 0 Å². The van der Waals surface area contributed by atoms with Crippen LogP contribution in [0.15, 0.2) is 54.6 Å². The van der Waals surface area contributed by atoms with Gasteiger partial charge in [0.2, 0.25) is 0 Å². The number of rotatable bonds is 4. The van der Waals surface area contributed by atoms with Gasteiger partial charge >= 0.3 is 0 Å². The van der Waals surface area contributed by atoms with E-state index in [1.165, 1.54) is 5.56 Å². The molecule has 27 heavy (non-hydrogen) atoms. The van der Waals surface area contributed by atoms with Crippen molar-refractivity contribution in [3.8, 4) is 5.75 Å². The van der Waals surface area contributed by atoms with E-state index in [0.29, 0.717) is 24.8 Å². The predicted octanol–water partition coefficient (Wildman–Crippen LogP) is 4.70. The first-order chi connectivity index (χ1) is 13.1. The summed E-state index contributed by atoms with van der Waals surface area (Å²) in [6, 6.07) is 13.6. The van der Waals surface area contributed by atoms with E-state index >= 15 is 0 Å². The van der Waals surface area contributed by atoms with Crippen molar-refractivity contribution < 1.29 is 9.90 Å². The average molecular weight is 362 g/mol. The molecule has 1 aliphatic heterocycles. The lowest BCUT2D eigenvalue weighted by molar-refractivity contribution is 0.0773. The summed E-state index contributed by atoms with van der Waals surface area (Å²) in [7, 11) is 0. The molecule has 2 aromatic carbocycles. The fourth-order valence-corrected chi connectivity index (χ4v) is 4.48. The average Bonchev–Trinajstić information content (AvgIpc) is 3.18. The number of allylic oxidation sites excluding steroid dienone is 2. The second kappa shape index (κ2) is 7.10. The number of benzene rings is 2. The van der Waals surface area contributed by atoms with Crippen molar-refractivity contribution in [3.63, 3.8) is 0 Å². The fraction of sp³-hybridized carbons (Fsp3) is 0.348. The highest BCUT2D eigenvalue weighted by molar-refractivity contribution is 5.95. The van der Waals surface area contributed by atoms with Crippen LogP contribution in [-0.2, 0) is 0 Å². The van der Waals surface area contributed by atoms with Crippen molar-refractivity contribution in [2.75, 3.05) is 18.4 Å². The molecule has 4 heteroatoms. The number of nitrogens with one attached hydrogen (secondary N) is 1. The predicted molar refractivity (Wildman–Crippen MR) is 108 cm³/mol. The normalized spacial score (nSPS) is 22.7. The molecule has 2 aliphatic rings. The molecule has 3 atom stereocenters. The first-order valence-electron chi connectivity index (χ1n) is 9.78. The number of amides is 1. The summed E-state index contributed by atoms with van der Waals surface area (Å²) in [4.78, 5) is 14.6. The van der Waals surface area contributed by atoms with Crippen LogP contribution < -0.4 is 5.32 Å². The Morgan fingerprint density at radius 2 is 1.93 bits per heavy atom. The monoisotopic (exact) mass is 362 g/mol. The van der Waals surface area contributed by atoms with Crippen LogP contribution in [0.5, 0.6) is 5.75 Å². The number of nitrogens with zero attached hydrogens (tertiary/aromatic N) is 1. The van der Waals surface area contributed by atoms with Crippen LogP contribution in [0.2, 0.25) is 0 Å². The third-order valence-corrected chi connectivity index (χ3v) is 5.93. The molecule has 0 saturated carbocycles. The number of carbonyl (C=O) groups is 1. The molecule has 0 fully saturated rings. The number of aromatic hydroxyl groups is 1. The Bertz CT molecular complexity index is 886. The van der Waals surface area contributed by atoms with Crippen molar-refractivity contribution in [3.05, 3.63) is 71.3 Å². The molecule has 4 nitrogen and oxygen atoms in total. The number of para-hydroxylation sites is 1. The van der Waals surface area contributed by atoms with Crippen molar-refractivity contribution in [1.82, 2.24) is 4.90 Å². The molecule has 140 valence electrons. The summed E-state index contributed by atoms with van der Waals surface area (Å²) in [6.07, 6.45) is 5.44. The summed E-state index contributed by atoms with van der Waals surface area (Å²) in [5.74, 6) is 1.02. The largest absolute Gasteiger partial charge is 0.508 e. The minimum absolute atomic E-state index is 0.0584. The third-order valence-electron chi connectivity index (χ3n) is 5.93.